The summed E-state index contributed by atoms with van der Waals surface area (Å²) in [5.41, 5.74) is 1.79. The van der Waals surface area contributed by atoms with Crippen LogP contribution < -0.4 is 0 Å². The fourth-order valence-corrected chi connectivity index (χ4v) is 4.52. The predicted octanol–water partition coefficient (Wildman–Crippen LogP) is 4.18. The van der Waals surface area contributed by atoms with Gasteiger partial charge in [-0.25, -0.2) is 4.98 Å². The highest BCUT2D eigenvalue weighted by atomic mass is 16.2. The Morgan fingerprint density at radius 3 is 2.96 bits per heavy atom. The quantitative estimate of drug-likeness (QED) is 0.757. The Kier molecular flexibility index (Phi) is 4.23. The highest BCUT2D eigenvalue weighted by molar-refractivity contribution is 5.98. The zero-order valence-electron chi connectivity index (χ0n) is 15.6. The Bertz CT molecular complexity index is 952. The first kappa shape index (κ1) is 16.6. The third-order valence-corrected chi connectivity index (χ3v) is 6.30. The van der Waals surface area contributed by atoms with Gasteiger partial charge >= 0.3 is 0 Å². The first-order chi connectivity index (χ1) is 13.3. The Morgan fingerprint density at radius 1 is 1.19 bits per heavy atom. The Morgan fingerprint density at radius 2 is 2.11 bits per heavy atom. The van der Waals surface area contributed by atoms with Gasteiger partial charge in [0.2, 0.25) is 0 Å². The normalized spacial score (nSPS) is 20.7. The van der Waals surface area contributed by atoms with Gasteiger partial charge in [0.25, 0.3) is 5.91 Å². The summed E-state index contributed by atoms with van der Waals surface area (Å²) >= 11 is 0. The maximum atomic E-state index is 13.1. The molecular weight excluding hydrogens is 336 g/mol. The van der Waals surface area contributed by atoms with Crippen molar-refractivity contribution in [1.29, 1.82) is 0 Å². The smallest absolute Gasteiger partial charge is 0.253 e. The minimum Gasteiger partial charge on any atom is -0.361 e. The summed E-state index contributed by atoms with van der Waals surface area (Å²) in [6.45, 7) is 2.69. The number of fused-ring (bicyclic) bond motifs is 1. The van der Waals surface area contributed by atoms with Crippen molar-refractivity contribution in [2.75, 3.05) is 13.1 Å². The van der Waals surface area contributed by atoms with Crippen LogP contribution in [0.5, 0.6) is 0 Å². The molecule has 27 heavy (non-hydrogen) atoms. The van der Waals surface area contributed by atoms with Crippen molar-refractivity contribution in [3.63, 3.8) is 0 Å². The molecular formula is C22H26N4O. The Balaban J connectivity index is 1.33. The summed E-state index contributed by atoms with van der Waals surface area (Å²) in [7, 11) is 0. The van der Waals surface area contributed by atoms with E-state index in [1.165, 1.54) is 25.1 Å². The molecule has 2 aromatic heterocycles. The first-order valence-electron chi connectivity index (χ1n) is 10.2. The number of amides is 1. The number of rotatable bonds is 4. The van der Waals surface area contributed by atoms with Crippen LogP contribution in [0.4, 0.5) is 0 Å². The fraction of sp³-hybridized carbons (Fsp3) is 0.455. The molecule has 140 valence electrons. The number of likely N-dealkylation sites (tertiary alicyclic amines) is 1. The van der Waals surface area contributed by atoms with Gasteiger partial charge in [0.15, 0.2) is 0 Å². The van der Waals surface area contributed by atoms with E-state index < -0.39 is 0 Å². The van der Waals surface area contributed by atoms with Crippen LogP contribution in [0.15, 0.2) is 42.9 Å². The predicted molar refractivity (Wildman–Crippen MR) is 106 cm³/mol. The molecule has 3 aromatic rings. The molecule has 1 saturated heterocycles. The minimum atomic E-state index is 0.133. The van der Waals surface area contributed by atoms with E-state index in [-0.39, 0.29) is 5.91 Å². The van der Waals surface area contributed by atoms with Crippen molar-refractivity contribution in [2.45, 2.75) is 44.6 Å². The van der Waals surface area contributed by atoms with E-state index in [1.807, 2.05) is 41.6 Å². The topological polar surface area (TPSA) is 53.9 Å². The summed E-state index contributed by atoms with van der Waals surface area (Å²) < 4.78 is 2.34. The second-order valence-electron chi connectivity index (χ2n) is 8.10. The summed E-state index contributed by atoms with van der Waals surface area (Å²) in [6, 6.07) is 7.97. The van der Waals surface area contributed by atoms with Crippen LogP contribution in [0.25, 0.3) is 10.9 Å². The number of imidazole rings is 1. The molecule has 1 atom stereocenters. The Labute approximate surface area is 159 Å². The molecule has 1 N–H and O–H groups in total. The highest BCUT2D eigenvalue weighted by Crippen LogP contribution is 2.31. The number of piperidine rings is 1. The first-order valence-corrected chi connectivity index (χ1v) is 10.2. The molecule has 1 amide bonds. The van der Waals surface area contributed by atoms with Gasteiger partial charge < -0.3 is 14.5 Å². The van der Waals surface area contributed by atoms with Crippen LogP contribution in [0.1, 0.15) is 54.2 Å². The third-order valence-electron chi connectivity index (χ3n) is 6.30. The van der Waals surface area contributed by atoms with Crippen LogP contribution in [0, 0.1) is 5.92 Å². The SMILES string of the molecule is O=C(c1ccc2cc[nH]c2c1)N1CCC[C@H](c2nccn2CC2CCC2)C1. The van der Waals surface area contributed by atoms with Gasteiger partial charge in [0, 0.05) is 55.2 Å². The third kappa shape index (κ3) is 3.15. The van der Waals surface area contributed by atoms with E-state index in [1.54, 1.807) is 0 Å². The van der Waals surface area contributed by atoms with Crippen molar-refractivity contribution >= 4 is 16.8 Å². The van der Waals surface area contributed by atoms with Crippen LogP contribution in [-0.2, 0) is 6.54 Å². The van der Waals surface area contributed by atoms with Crippen molar-refractivity contribution in [3.05, 3.63) is 54.2 Å². The molecule has 0 unspecified atom stereocenters. The number of aromatic amines is 1. The van der Waals surface area contributed by atoms with E-state index in [0.717, 1.165) is 54.9 Å². The maximum Gasteiger partial charge on any atom is 0.253 e. The molecule has 1 aliphatic heterocycles. The van der Waals surface area contributed by atoms with E-state index >= 15 is 0 Å². The van der Waals surface area contributed by atoms with Gasteiger partial charge in [-0.3, -0.25) is 4.79 Å². The van der Waals surface area contributed by atoms with E-state index in [0.29, 0.717) is 5.92 Å². The lowest BCUT2D eigenvalue weighted by atomic mass is 9.85. The number of carbonyl (C=O) groups is 1. The lowest BCUT2D eigenvalue weighted by Crippen LogP contribution is -2.40. The maximum absolute atomic E-state index is 13.1. The number of nitrogens with one attached hydrogen (secondary N) is 1. The summed E-state index contributed by atoms with van der Waals surface area (Å²) in [4.78, 5) is 23.0. The fourth-order valence-electron chi connectivity index (χ4n) is 4.52. The summed E-state index contributed by atoms with van der Waals surface area (Å²) in [6.07, 6.45) is 12.2. The van der Waals surface area contributed by atoms with Crippen molar-refractivity contribution < 1.29 is 4.79 Å². The van der Waals surface area contributed by atoms with Gasteiger partial charge in [0.1, 0.15) is 5.82 Å². The average Bonchev–Trinajstić information content (AvgIpc) is 3.32. The van der Waals surface area contributed by atoms with Gasteiger partial charge in [0.05, 0.1) is 0 Å². The average molecular weight is 362 g/mol. The largest absolute Gasteiger partial charge is 0.361 e. The molecule has 3 heterocycles. The zero-order valence-corrected chi connectivity index (χ0v) is 15.6. The Hall–Kier alpha value is -2.56. The number of benzene rings is 1. The van der Waals surface area contributed by atoms with E-state index in [4.69, 9.17) is 0 Å². The van der Waals surface area contributed by atoms with Crippen LogP contribution in [0.3, 0.4) is 0 Å². The van der Waals surface area contributed by atoms with E-state index in [2.05, 4.69) is 20.7 Å². The van der Waals surface area contributed by atoms with Crippen LogP contribution in [-0.4, -0.2) is 38.4 Å². The molecule has 1 aliphatic carbocycles. The molecule has 2 fully saturated rings. The lowest BCUT2D eigenvalue weighted by Gasteiger charge is -2.33. The molecule has 1 saturated carbocycles. The lowest BCUT2D eigenvalue weighted by molar-refractivity contribution is 0.0702. The van der Waals surface area contributed by atoms with Gasteiger partial charge in [-0.2, -0.15) is 0 Å². The summed E-state index contributed by atoms with van der Waals surface area (Å²) in [5, 5.41) is 1.14. The number of nitrogens with zero attached hydrogens (tertiary/aromatic N) is 3. The van der Waals surface area contributed by atoms with E-state index in [9.17, 15) is 4.79 Å². The molecule has 5 rings (SSSR count). The molecule has 2 aliphatic rings. The van der Waals surface area contributed by atoms with Crippen molar-refractivity contribution in [3.8, 4) is 0 Å². The molecule has 0 spiro atoms. The van der Waals surface area contributed by atoms with Crippen LogP contribution >= 0.6 is 0 Å². The van der Waals surface area contributed by atoms with Crippen LogP contribution in [0.2, 0.25) is 0 Å². The molecule has 1 aromatic carbocycles. The number of H-pyrrole nitrogens is 1. The monoisotopic (exact) mass is 362 g/mol. The molecule has 5 heteroatoms. The summed E-state index contributed by atoms with van der Waals surface area (Å²) in [5.74, 6) is 2.45. The second kappa shape index (κ2) is 6.87. The number of carbonyl (C=O) groups excluding carboxylic acids is 1. The van der Waals surface area contributed by atoms with Gasteiger partial charge in [-0.15, -0.1) is 0 Å². The highest BCUT2D eigenvalue weighted by Gasteiger charge is 2.29. The molecule has 0 radical (unpaired) electrons. The number of hydrogen-bond acceptors (Lipinski definition) is 2. The second-order valence-corrected chi connectivity index (χ2v) is 8.10. The zero-order chi connectivity index (χ0) is 18.2. The van der Waals surface area contributed by atoms with Gasteiger partial charge in [-0.05, 0) is 55.2 Å². The standard InChI is InChI=1S/C22H26N4O/c27-22(18-7-6-17-8-9-23-20(17)13-18)26-11-2-5-19(15-26)21-24-10-12-25(21)14-16-3-1-4-16/h6-10,12-13,16,19,23H,1-5,11,14-15H2/t19-/m0/s1. The van der Waals surface area contributed by atoms with Crippen molar-refractivity contribution in [2.24, 2.45) is 5.92 Å². The number of hydrogen-bond donors (Lipinski definition) is 1. The minimum absolute atomic E-state index is 0.133. The number of aromatic nitrogens is 3. The molecule has 5 nitrogen and oxygen atoms in total. The van der Waals surface area contributed by atoms with Gasteiger partial charge in [-0.1, -0.05) is 12.5 Å². The molecule has 0 bridgehead atoms. The van der Waals surface area contributed by atoms with Crippen molar-refractivity contribution in [1.82, 2.24) is 19.4 Å².